The van der Waals surface area contributed by atoms with E-state index in [-0.39, 0.29) is 30.7 Å². The van der Waals surface area contributed by atoms with E-state index in [2.05, 4.69) is 25.6 Å². The Bertz CT molecular complexity index is 2000. The molecule has 4 amide bonds. The molecule has 16 heteroatoms. The number of carbonyl (C=O) groups is 4. The number of pyridine rings is 1. The van der Waals surface area contributed by atoms with E-state index in [0.29, 0.717) is 47.5 Å². The average molecular weight is 790 g/mol. The van der Waals surface area contributed by atoms with Crippen molar-refractivity contribution in [2.24, 2.45) is 5.92 Å². The first-order chi connectivity index (χ1) is 26.8. The third kappa shape index (κ3) is 8.17. The third-order valence-electron chi connectivity index (χ3n) is 11.3. The molecule has 0 spiro atoms. The van der Waals surface area contributed by atoms with Crippen LogP contribution in [-0.4, -0.2) is 96.5 Å². The monoisotopic (exact) mass is 789 g/mol. The van der Waals surface area contributed by atoms with Crippen LogP contribution in [0.1, 0.15) is 94.6 Å². The first-order valence-corrected chi connectivity index (χ1v) is 20.6. The zero-order chi connectivity index (χ0) is 39.8. The Balaban J connectivity index is 1.22. The predicted octanol–water partition coefficient (Wildman–Crippen LogP) is 3.94. The van der Waals surface area contributed by atoms with Crippen LogP contribution >= 0.6 is 0 Å². The molecule has 56 heavy (non-hydrogen) atoms. The van der Waals surface area contributed by atoms with Gasteiger partial charge in [-0.15, -0.1) is 0 Å². The Hall–Kier alpha value is -4.83. The van der Waals surface area contributed by atoms with Crippen LogP contribution in [0.2, 0.25) is 0 Å². The molecule has 4 N–H and O–H groups in total. The number of aromatic nitrogens is 3. The summed E-state index contributed by atoms with van der Waals surface area (Å²) in [5, 5.41) is 13.2. The summed E-state index contributed by atoms with van der Waals surface area (Å²) in [6.45, 7) is 7.59. The van der Waals surface area contributed by atoms with Gasteiger partial charge in [-0.3, -0.25) is 24.3 Å². The minimum absolute atomic E-state index is 0.0237. The fraction of sp³-hybridized carbons (Fsp3) is 0.550. The van der Waals surface area contributed by atoms with Crippen molar-refractivity contribution < 1.29 is 37.9 Å². The zero-order valence-electron chi connectivity index (χ0n) is 32.5. The number of aromatic amines is 1. The molecule has 0 bridgehead atoms. The molecule has 7 rings (SSSR count). The topological polar surface area (TPSA) is 200 Å². The summed E-state index contributed by atoms with van der Waals surface area (Å²) in [6.07, 6.45) is 9.96. The molecule has 2 aliphatic carbocycles. The summed E-state index contributed by atoms with van der Waals surface area (Å²) < 4.78 is 33.6. The Morgan fingerprint density at radius 2 is 1.93 bits per heavy atom. The molecule has 15 nitrogen and oxygen atoms in total. The number of aryl methyl sites for hydroxylation is 1. The Labute approximate surface area is 329 Å². The van der Waals surface area contributed by atoms with E-state index in [1.165, 1.54) is 17.2 Å². The van der Waals surface area contributed by atoms with Crippen molar-refractivity contribution in [1.82, 2.24) is 35.4 Å². The van der Waals surface area contributed by atoms with Crippen LogP contribution in [-0.2, 0) is 25.7 Å². The molecule has 6 atom stereocenters. The van der Waals surface area contributed by atoms with Crippen LogP contribution in [0.25, 0.3) is 10.9 Å². The van der Waals surface area contributed by atoms with Crippen molar-refractivity contribution in [3.8, 4) is 17.4 Å². The highest BCUT2D eigenvalue weighted by molar-refractivity contribution is 7.91. The Kier molecular flexibility index (Phi) is 11.2. The number of rotatable bonds is 10. The van der Waals surface area contributed by atoms with Gasteiger partial charge in [0.1, 0.15) is 45.7 Å². The summed E-state index contributed by atoms with van der Waals surface area (Å²) in [4.78, 5) is 62.6. The first-order valence-electron chi connectivity index (χ1n) is 19.5. The smallest absolute Gasteiger partial charge is 0.287 e. The van der Waals surface area contributed by atoms with Crippen LogP contribution < -0.4 is 29.6 Å². The number of benzene rings is 1. The Morgan fingerprint density at radius 3 is 2.64 bits per heavy atom. The van der Waals surface area contributed by atoms with Gasteiger partial charge in [0, 0.05) is 48.4 Å². The van der Waals surface area contributed by atoms with E-state index in [1.807, 2.05) is 52.0 Å². The van der Waals surface area contributed by atoms with E-state index >= 15 is 0 Å². The van der Waals surface area contributed by atoms with Crippen molar-refractivity contribution in [3.63, 3.8) is 0 Å². The van der Waals surface area contributed by atoms with Crippen molar-refractivity contribution >= 4 is 45.9 Å². The summed E-state index contributed by atoms with van der Waals surface area (Å²) in [5.41, 5.74) is 0.230. The maximum absolute atomic E-state index is 14.7. The van der Waals surface area contributed by atoms with Gasteiger partial charge < -0.3 is 34.3 Å². The number of ether oxygens (including phenoxy) is 3. The van der Waals surface area contributed by atoms with E-state index in [1.54, 1.807) is 13.2 Å². The highest BCUT2D eigenvalue weighted by Gasteiger charge is 2.63. The number of hydrogen-bond donors (Lipinski definition) is 4. The number of H-pyrrole nitrogens is 1. The highest BCUT2D eigenvalue weighted by atomic mass is 32.2. The maximum atomic E-state index is 14.7. The second kappa shape index (κ2) is 16.0. The van der Waals surface area contributed by atoms with Gasteiger partial charge in [0.25, 0.3) is 11.8 Å². The highest BCUT2D eigenvalue weighted by Crippen LogP contribution is 2.47. The maximum Gasteiger partial charge on any atom is 0.287 e. The number of hydrogen-bond acceptors (Lipinski definition) is 10. The second-order valence-electron chi connectivity index (χ2n) is 15.9. The van der Waals surface area contributed by atoms with Crippen LogP contribution in [0.5, 0.6) is 17.4 Å². The normalized spacial score (nSPS) is 27.2. The van der Waals surface area contributed by atoms with Crippen molar-refractivity contribution in [3.05, 3.63) is 53.9 Å². The largest absolute Gasteiger partial charge is 0.593 e. The quantitative estimate of drug-likeness (QED) is 0.172. The summed E-state index contributed by atoms with van der Waals surface area (Å²) >= 11 is -1.61. The molecule has 0 radical (unpaired) electrons. The summed E-state index contributed by atoms with van der Waals surface area (Å²) in [5.74, 6) is -0.840. The number of fused-ring (bicyclic) bond motifs is 3. The minimum atomic E-state index is -1.61. The molecule has 1 unspecified atom stereocenters. The van der Waals surface area contributed by atoms with Gasteiger partial charge in [-0.25, -0.2) is 4.98 Å². The lowest BCUT2D eigenvalue weighted by molar-refractivity contribution is -0.141. The lowest BCUT2D eigenvalue weighted by atomic mass is 10.0. The molecule has 2 aliphatic heterocycles. The molecule has 2 aromatic heterocycles. The van der Waals surface area contributed by atoms with E-state index in [4.69, 9.17) is 19.2 Å². The fourth-order valence-corrected chi connectivity index (χ4v) is 8.67. The van der Waals surface area contributed by atoms with Gasteiger partial charge >= 0.3 is 0 Å². The molecule has 3 fully saturated rings. The molecule has 1 aromatic carbocycles. The van der Waals surface area contributed by atoms with Crippen molar-refractivity contribution in [2.45, 2.75) is 120 Å². The van der Waals surface area contributed by atoms with Crippen LogP contribution in [0.4, 0.5) is 0 Å². The van der Waals surface area contributed by atoms with E-state index in [0.717, 1.165) is 37.7 Å². The molecule has 3 aromatic rings. The van der Waals surface area contributed by atoms with Gasteiger partial charge in [-0.05, 0) is 71.6 Å². The number of methoxy groups -OCH3 is 1. The van der Waals surface area contributed by atoms with Crippen molar-refractivity contribution in [2.75, 3.05) is 13.7 Å². The molecular weight excluding hydrogens is 739 g/mol. The number of allylic oxidation sites excluding steroid dienone is 1. The van der Waals surface area contributed by atoms with Crippen LogP contribution in [0.3, 0.4) is 0 Å². The van der Waals surface area contributed by atoms with Gasteiger partial charge in [-0.2, -0.15) is 9.82 Å². The number of nitrogens with one attached hydrogen (secondary N) is 4. The van der Waals surface area contributed by atoms with Gasteiger partial charge in [0.2, 0.25) is 17.7 Å². The SMILES string of the molecule is COc1ccc2c(O[C@@H]3C[C@H]4C(=O)N[C@]5(C(=O)N[S+]([O-])C6(C)CC6)C[C@H]5/C=C\CCCCC[C@H](NC(=O)c5cc[nH]n5)C(=O)N4C3)cc(OC(C)C)nc2c1C. The minimum Gasteiger partial charge on any atom is -0.593 e. The lowest BCUT2D eigenvalue weighted by Gasteiger charge is -2.30. The van der Waals surface area contributed by atoms with Gasteiger partial charge in [0.15, 0.2) is 0 Å². The number of nitrogens with zero attached hydrogens (tertiary/aromatic N) is 3. The molecule has 4 aliphatic rings. The van der Waals surface area contributed by atoms with Crippen molar-refractivity contribution in [1.29, 1.82) is 0 Å². The summed E-state index contributed by atoms with van der Waals surface area (Å²) in [7, 11) is 1.59. The van der Waals surface area contributed by atoms with Gasteiger partial charge in [0.05, 0.1) is 36.6 Å². The predicted molar refractivity (Wildman–Crippen MR) is 208 cm³/mol. The molecular formula is C40H51N7O8S. The molecule has 300 valence electrons. The second-order valence-corrected chi connectivity index (χ2v) is 17.6. The molecule has 1 saturated heterocycles. The number of amides is 4. The molecule has 2 saturated carbocycles. The third-order valence-corrected chi connectivity index (χ3v) is 12.9. The van der Waals surface area contributed by atoms with E-state index in [9.17, 15) is 23.7 Å². The van der Waals surface area contributed by atoms with Crippen LogP contribution in [0.15, 0.2) is 42.6 Å². The zero-order valence-corrected chi connectivity index (χ0v) is 33.3. The Morgan fingerprint density at radius 1 is 1.12 bits per heavy atom. The fourth-order valence-electron chi connectivity index (χ4n) is 7.60. The average Bonchev–Trinajstić information content (AvgIpc) is 3.90. The first kappa shape index (κ1) is 39.4. The van der Waals surface area contributed by atoms with E-state index < -0.39 is 63.5 Å². The summed E-state index contributed by atoms with van der Waals surface area (Å²) in [6, 6.07) is 4.91. The van der Waals surface area contributed by atoms with Gasteiger partial charge in [-0.1, -0.05) is 25.0 Å². The number of carbonyl (C=O) groups excluding carboxylic acids is 4. The lowest BCUT2D eigenvalue weighted by Crippen LogP contribution is -2.58. The molecule has 4 heterocycles. The van der Waals surface area contributed by atoms with Crippen LogP contribution in [0, 0.1) is 12.8 Å². The standard InChI is InChI=1S/C40H51N7O8S/c1-23(2)54-33-20-32(27-13-14-31(53-5)24(3)34(27)43-33)55-26-19-30-36(49)44-40(38(51)46-56(52)39(4)16-17-39)21-25(40)11-9-7-6-8-10-12-29(37(50)47(30)22-26)42-35(48)28-15-18-41-45-28/h9,11,13-15,18,20,23,25-26,29-30H,6-8,10,12,16-17,19,21-22H2,1-5H3,(H,41,45)(H,42,48)(H,44,49)(H,46,51)/b11-9-/t25-,26-,29+,30+,40-,56?/m1/s1.